The zero-order valence-corrected chi connectivity index (χ0v) is 18.1. The zero-order valence-electron chi connectivity index (χ0n) is 18.1. The van der Waals surface area contributed by atoms with Crippen molar-refractivity contribution >= 4 is 35.1 Å². The van der Waals surface area contributed by atoms with Crippen LogP contribution in [0.15, 0.2) is 48.5 Å². The van der Waals surface area contributed by atoms with Crippen LogP contribution in [-0.4, -0.2) is 54.3 Å². The lowest BCUT2D eigenvalue weighted by Crippen LogP contribution is -2.47. The van der Waals surface area contributed by atoms with Gasteiger partial charge in [0.25, 0.3) is 11.8 Å². The summed E-state index contributed by atoms with van der Waals surface area (Å²) in [4.78, 5) is 53.1. The van der Waals surface area contributed by atoms with Crippen LogP contribution in [0.25, 0.3) is 0 Å². The fourth-order valence-electron chi connectivity index (χ4n) is 4.06. The second-order valence-electron chi connectivity index (χ2n) is 8.14. The molecule has 2 aromatic rings. The molecule has 0 spiro atoms. The van der Waals surface area contributed by atoms with E-state index < -0.39 is 29.7 Å². The van der Waals surface area contributed by atoms with Gasteiger partial charge in [-0.05, 0) is 56.2 Å². The average molecular weight is 453 g/mol. The van der Waals surface area contributed by atoms with Crippen LogP contribution >= 0.6 is 0 Å². The summed E-state index contributed by atoms with van der Waals surface area (Å²) in [5.74, 6) is -2.36. The second-order valence-corrected chi connectivity index (χ2v) is 8.14. The third kappa shape index (κ3) is 4.87. The molecule has 9 heteroatoms. The van der Waals surface area contributed by atoms with Crippen LogP contribution in [0.2, 0.25) is 0 Å². The number of esters is 1. The number of nitrogens with one attached hydrogen (secondary N) is 1. The number of hydrogen-bond donors (Lipinski definition) is 1. The van der Waals surface area contributed by atoms with E-state index >= 15 is 0 Å². The molecule has 0 bridgehead atoms. The van der Waals surface area contributed by atoms with Crippen molar-refractivity contribution in [2.24, 2.45) is 5.92 Å². The molecule has 8 nitrogen and oxygen atoms in total. The molecule has 3 amide bonds. The topological polar surface area (TPSA) is 96.0 Å². The Balaban J connectivity index is 1.33. The number of para-hydroxylation sites is 2. The molecular formula is C24H24FN3O5. The first kappa shape index (κ1) is 22.4. The first-order valence-electron chi connectivity index (χ1n) is 10.8. The van der Waals surface area contributed by atoms with Crippen molar-refractivity contribution in [1.82, 2.24) is 4.90 Å². The number of fused-ring (bicyclic) bond motifs is 1. The number of rotatable bonds is 4. The Bertz CT molecular complexity index is 1080. The lowest BCUT2D eigenvalue weighted by atomic mass is 9.96. The van der Waals surface area contributed by atoms with Crippen LogP contribution in [-0.2, 0) is 19.1 Å². The van der Waals surface area contributed by atoms with E-state index in [4.69, 9.17) is 4.74 Å². The number of halogens is 1. The van der Waals surface area contributed by atoms with Crippen LogP contribution in [0.3, 0.4) is 0 Å². The Morgan fingerprint density at radius 1 is 1.06 bits per heavy atom. The van der Waals surface area contributed by atoms with Crippen LogP contribution in [0, 0.1) is 11.7 Å². The molecule has 1 fully saturated rings. The summed E-state index contributed by atoms with van der Waals surface area (Å²) in [6, 6.07) is 12.3. The lowest BCUT2D eigenvalue weighted by molar-refractivity contribution is -0.159. The maximum atomic E-state index is 13.1. The van der Waals surface area contributed by atoms with E-state index in [1.165, 1.54) is 36.1 Å². The van der Waals surface area contributed by atoms with E-state index in [2.05, 4.69) is 5.32 Å². The van der Waals surface area contributed by atoms with Gasteiger partial charge in [-0.25, -0.2) is 4.39 Å². The van der Waals surface area contributed by atoms with E-state index in [9.17, 15) is 23.6 Å². The molecule has 0 saturated carbocycles. The summed E-state index contributed by atoms with van der Waals surface area (Å²) in [6.45, 7) is 2.06. The number of ether oxygens (including phenoxy) is 1. The van der Waals surface area contributed by atoms with Gasteiger partial charge in [-0.2, -0.15) is 0 Å². The molecule has 4 rings (SSSR count). The smallest absolute Gasteiger partial charge is 0.309 e. The predicted octanol–water partition coefficient (Wildman–Crippen LogP) is 2.59. The average Bonchev–Trinajstić information content (AvgIpc) is 2.83. The standard InChI is InChI=1S/C24H24FN3O5/c1-15(22(30)28-14-21(29)26-19-4-2-3-5-20(19)28)33-24(32)17-10-12-27(13-11-17)23(31)16-6-8-18(25)9-7-16/h2-9,15,17H,10-14H2,1H3,(H,26,29)/t15-/m1/s1. The molecule has 2 aliphatic heterocycles. The van der Waals surface area contributed by atoms with Gasteiger partial charge in [-0.3, -0.25) is 24.1 Å². The highest BCUT2D eigenvalue weighted by Gasteiger charge is 2.34. The Morgan fingerprint density at radius 3 is 2.42 bits per heavy atom. The quantitative estimate of drug-likeness (QED) is 0.718. The molecular weight excluding hydrogens is 429 g/mol. The molecule has 1 saturated heterocycles. The Labute approximate surface area is 190 Å². The first-order valence-corrected chi connectivity index (χ1v) is 10.8. The van der Waals surface area contributed by atoms with Crippen LogP contribution < -0.4 is 10.2 Å². The summed E-state index contributed by atoms with van der Waals surface area (Å²) in [7, 11) is 0. The van der Waals surface area contributed by atoms with Gasteiger partial charge >= 0.3 is 5.97 Å². The molecule has 33 heavy (non-hydrogen) atoms. The van der Waals surface area contributed by atoms with Gasteiger partial charge in [0.2, 0.25) is 5.91 Å². The van der Waals surface area contributed by atoms with E-state index in [0.717, 1.165) is 0 Å². The van der Waals surface area contributed by atoms with E-state index in [1.807, 2.05) is 0 Å². The van der Waals surface area contributed by atoms with Crippen molar-refractivity contribution < 1.29 is 28.3 Å². The van der Waals surface area contributed by atoms with Crippen molar-refractivity contribution in [2.75, 3.05) is 29.9 Å². The van der Waals surface area contributed by atoms with E-state index in [0.29, 0.717) is 42.9 Å². The summed E-state index contributed by atoms with van der Waals surface area (Å²) < 4.78 is 18.5. The molecule has 1 N–H and O–H groups in total. The van der Waals surface area contributed by atoms with Gasteiger partial charge in [0.15, 0.2) is 6.10 Å². The SMILES string of the molecule is C[C@@H](OC(=O)C1CCN(C(=O)c2ccc(F)cc2)CC1)C(=O)N1CC(=O)Nc2ccccc21. The molecule has 1 atom stereocenters. The molecule has 2 aromatic carbocycles. The number of hydrogen-bond acceptors (Lipinski definition) is 5. The monoisotopic (exact) mass is 453 g/mol. The highest BCUT2D eigenvalue weighted by Crippen LogP contribution is 2.30. The summed E-state index contributed by atoms with van der Waals surface area (Å²) in [6.07, 6.45) is -0.251. The minimum atomic E-state index is -1.06. The number of anilines is 2. The van der Waals surface area contributed by atoms with Gasteiger partial charge < -0.3 is 15.0 Å². The van der Waals surface area contributed by atoms with Gasteiger partial charge in [-0.15, -0.1) is 0 Å². The van der Waals surface area contributed by atoms with Crippen molar-refractivity contribution in [3.8, 4) is 0 Å². The van der Waals surface area contributed by atoms with Crippen molar-refractivity contribution in [3.63, 3.8) is 0 Å². The first-order chi connectivity index (χ1) is 15.8. The predicted molar refractivity (Wildman–Crippen MR) is 118 cm³/mol. The third-order valence-corrected chi connectivity index (χ3v) is 5.88. The summed E-state index contributed by atoms with van der Waals surface area (Å²) >= 11 is 0. The molecule has 2 aliphatic rings. The maximum absolute atomic E-state index is 13.1. The number of piperidine rings is 1. The van der Waals surface area contributed by atoms with Crippen molar-refractivity contribution in [1.29, 1.82) is 0 Å². The fourth-order valence-corrected chi connectivity index (χ4v) is 4.06. The van der Waals surface area contributed by atoms with Gasteiger partial charge in [0, 0.05) is 18.7 Å². The molecule has 0 unspecified atom stereocenters. The van der Waals surface area contributed by atoms with Crippen LogP contribution in [0.4, 0.5) is 15.8 Å². The number of benzene rings is 2. The van der Waals surface area contributed by atoms with Crippen molar-refractivity contribution in [3.05, 3.63) is 59.9 Å². The second kappa shape index (κ2) is 9.40. The lowest BCUT2D eigenvalue weighted by Gasteiger charge is -2.33. The number of nitrogens with zero attached hydrogens (tertiary/aromatic N) is 2. The van der Waals surface area contributed by atoms with Gasteiger partial charge in [-0.1, -0.05) is 12.1 Å². The number of carbonyl (C=O) groups is 4. The Kier molecular flexibility index (Phi) is 6.39. The van der Waals surface area contributed by atoms with Crippen LogP contribution in [0.5, 0.6) is 0 Å². The van der Waals surface area contributed by atoms with Crippen molar-refractivity contribution in [2.45, 2.75) is 25.9 Å². The number of amides is 3. The Hall–Kier alpha value is -3.75. The van der Waals surface area contributed by atoms with Gasteiger partial charge in [0.05, 0.1) is 17.3 Å². The molecule has 172 valence electrons. The van der Waals surface area contributed by atoms with Crippen LogP contribution in [0.1, 0.15) is 30.1 Å². The maximum Gasteiger partial charge on any atom is 0.309 e. The summed E-state index contributed by atoms with van der Waals surface area (Å²) in [5.41, 5.74) is 1.47. The molecule has 0 radical (unpaired) electrons. The fraction of sp³-hybridized carbons (Fsp3) is 0.333. The minimum absolute atomic E-state index is 0.151. The normalized spacial score (nSPS) is 17.1. The molecule has 2 heterocycles. The van der Waals surface area contributed by atoms with E-state index in [-0.39, 0.29) is 18.4 Å². The van der Waals surface area contributed by atoms with E-state index in [1.54, 1.807) is 29.2 Å². The Morgan fingerprint density at radius 2 is 1.73 bits per heavy atom. The minimum Gasteiger partial charge on any atom is -0.452 e. The largest absolute Gasteiger partial charge is 0.452 e. The highest BCUT2D eigenvalue weighted by molar-refractivity contribution is 6.11. The van der Waals surface area contributed by atoms with Gasteiger partial charge in [0.1, 0.15) is 12.4 Å². The zero-order chi connectivity index (χ0) is 23.5. The number of carbonyl (C=O) groups excluding carboxylic acids is 4. The number of likely N-dealkylation sites (tertiary alicyclic amines) is 1. The molecule has 0 aromatic heterocycles. The molecule has 0 aliphatic carbocycles. The third-order valence-electron chi connectivity index (χ3n) is 5.88. The summed E-state index contributed by atoms with van der Waals surface area (Å²) in [5, 5.41) is 2.71. The highest BCUT2D eigenvalue weighted by atomic mass is 19.1.